The third-order valence-electron chi connectivity index (χ3n) is 6.03. The third-order valence-corrected chi connectivity index (χ3v) is 6.03. The van der Waals surface area contributed by atoms with E-state index in [1.807, 2.05) is 0 Å². The first kappa shape index (κ1) is 17.5. The van der Waals surface area contributed by atoms with E-state index in [-0.39, 0.29) is 13.4 Å². The molecule has 1 saturated heterocycles. The van der Waals surface area contributed by atoms with Crippen molar-refractivity contribution in [3.63, 3.8) is 0 Å². The summed E-state index contributed by atoms with van der Waals surface area (Å²) >= 11 is 0. The lowest BCUT2D eigenvalue weighted by molar-refractivity contribution is -0.119. The Balaban J connectivity index is 0.00000225. The van der Waals surface area contributed by atoms with Gasteiger partial charge in [0.15, 0.2) is 0 Å². The van der Waals surface area contributed by atoms with Crippen LogP contribution in [0.15, 0.2) is 24.3 Å². The first-order valence-corrected chi connectivity index (χ1v) is 9.59. The Morgan fingerprint density at radius 1 is 1.29 bits per heavy atom. The lowest BCUT2D eigenvalue weighted by Gasteiger charge is -2.47. The molecule has 1 aliphatic heterocycles. The fourth-order valence-electron chi connectivity index (χ4n) is 4.55. The van der Waals surface area contributed by atoms with Gasteiger partial charge >= 0.3 is 0 Å². The zero-order valence-corrected chi connectivity index (χ0v) is 15.5. The van der Waals surface area contributed by atoms with Crippen molar-refractivity contribution in [2.75, 3.05) is 19.6 Å². The summed E-state index contributed by atoms with van der Waals surface area (Å²) in [7, 11) is 0. The van der Waals surface area contributed by atoms with E-state index in [0.717, 1.165) is 12.3 Å². The van der Waals surface area contributed by atoms with Gasteiger partial charge in [0.1, 0.15) is 0 Å². The van der Waals surface area contributed by atoms with Crippen LogP contribution in [0.4, 0.5) is 0 Å². The fraction of sp³-hybridized carbons (Fsp3) is 0.667. The van der Waals surface area contributed by atoms with Gasteiger partial charge in [-0.1, -0.05) is 38.1 Å². The summed E-state index contributed by atoms with van der Waals surface area (Å²) in [5.41, 5.74) is 3.19. The highest BCUT2D eigenvalue weighted by Gasteiger charge is 2.41. The van der Waals surface area contributed by atoms with Crippen LogP contribution in [0.5, 0.6) is 0 Å². The van der Waals surface area contributed by atoms with E-state index in [1.165, 1.54) is 56.4 Å². The second-order valence-electron chi connectivity index (χ2n) is 8.18. The molecule has 1 aliphatic carbocycles. The fourth-order valence-corrected chi connectivity index (χ4v) is 4.55. The van der Waals surface area contributed by atoms with E-state index in [0.29, 0.717) is 5.41 Å². The monoisotopic (exact) mass is 330 g/mol. The molecule has 0 bridgehead atoms. The highest BCUT2D eigenvalue weighted by molar-refractivity contribution is 5.73. The number of benzene rings is 1. The van der Waals surface area contributed by atoms with Gasteiger partial charge in [-0.15, -0.1) is 0 Å². The van der Waals surface area contributed by atoms with E-state index in [2.05, 4.69) is 48.3 Å². The van der Waals surface area contributed by atoms with Crippen molar-refractivity contribution < 1.29 is 6.22 Å². The molecule has 3 heteroatoms. The standard InChI is InChI=1S/C21H32N2O.H2/c1-16(2)9-13-23-14-11-21(12-15-23)10-8-20(22-17(3)24)18-6-4-5-7-19(18)21;/h4-7,16,20H,8-15H2,1-3H3,(H,22,24);1H/t20-;/m0./s1. The molecular weight excluding hydrogens is 296 g/mol. The molecule has 0 saturated carbocycles. The predicted octanol–water partition coefficient (Wildman–Crippen LogP) is 4.28. The molecule has 1 aromatic carbocycles. The van der Waals surface area contributed by atoms with Crippen LogP contribution in [0.2, 0.25) is 0 Å². The molecule has 1 aromatic rings. The molecule has 3 nitrogen and oxygen atoms in total. The van der Waals surface area contributed by atoms with Crippen LogP contribution in [-0.4, -0.2) is 30.4 Å². The maximum atomic E-state index is 11.5. The van der Waals surface area contributed by atoms with Gasteiger partial charge in [0.05, 0.1) is 6.04 Å². The zero-order valence-electron chi connectivity index (χ0n) is 15.5. The molecule has 24 heavy (non-hydrogen) atoms. The Labute approximate surface area is 148 Å². The van der Waals surface area contributed by atoms with Gasteiger partial charge in [-0.25, -0.2) is 0 Å². The number of carbonyl (C=O) groups excluding carboxylic acids is 1. The number of rotatable bonds is 4. The maximum Gasteiger partial charge on any atom is 0.217 e. The Bertz CT molecular complexity index is 579. The number of carbonyl (C=O) groups is 1. The molecule has 0 radical (unpaired) electrons. The smallest absolute Gasteiger partial charge is 0.217 e. The van der Waals surface area contributed by atoms with E-state index in [9.17, 15) is 4.79 Å². The zero-order chi connectivity index (χ0) is 17.2. The van der Waals surface area contributed by atoms with E-state index in [4.69, 9.17) is 0 Å². The number of piperidine rings is 1. The summed E-state index contributed by atoms with van der Waals surface area (Å²) in [6.07, 6.45) is 6.09. The molecular formula is C21H34N2O. The number of nitrogens with one attached hydrogen (secondary N) is 1. The van der Waals surface area contributed by atoms with Crippen molar-refractivity contribution in [2.24, 2.45) is 5.92 Å². The van der Waals surface area contributed by atoms with Gasteiger partial charge in [0, 0.05) is 8.35 Å². The first-order chi connectivity index (χ1) is 11.5. The minimum Gasteiger partial charge on any atom is -0.350 e. The van der Waals surface area contributed by atoms with Crippen LogP contribution >= 0.6 is 0 Å². The molecule has 1 N–H and O–H groups in total. The second-order valence-corrected chi connectivity index (χ2v) is 8.18. The summed E-state index contributed by atoms with van der Waals surface area (Å²) in [6.45, 7) is 9.91. The quantitative estimate of drug-likeness (QED) is 0.893. The molecule has 1 amide bonds. The van der Waals surface area contributed by atoms with Crippen LogP contribution < -0.4 is 5.32 Å². The second kappa shape index (κ2) is 7.26. The third kappa shape index (κ3) is 3.66. The molecule has 2 aliphatic rings. The van der Waals surface area contributed by atoms with Crippen LogP contribution in [0.1, 0.15) is 71.5 Å². The van der Waals surface area contributed by atoms with Gasteiger partial charge in [0.2, 0.25) is 5.91 Å². The number of fused-ring (bicyclic) bond motifs is 2. The van der Waals surface area contributed by atoms with Crippen molar-refractivity contribution in [3.8, 4) is 0 Å². The minimum absolute atomic E-state index is 0. The Morgan fingerprint density at radius 3 is 2.67 bits per heavy atom. The van der Waals surface area contributed by atoms with Crippen molar-refractivity contribution in [1.29, 1.82) is 0 Å². The van der Waals surface area contributed by atoms with E-state index in [1.54, 1.807) is 6.92 Å². The molecule has 1 spiro atoms. The van der Waals surface area contributed by atoms with Gasteiger partial charge in [0.25, 0.3) is 0 Å². The van der Waals surface area contributed by atoms with Crippen molar-refractivity contribution in [2.45, 2.75) is 64.3 Å². The molecule has 134 valence electrons. The van der Waals surface area contributed by atoms with Crippen LogP contribution in [0, 0.1) is 5.92 Å². The van der Waals surface area contributed by atoms with E-state index >= 15 is 0 Å². The average molecular weight is 331 g/mol. The Hall–Kier alpha value is -1.35. The largest absolute Gasteiger partial charge is 0.350 e. The maximum absolute atomic E-state index is 11.5. The van der Waals surface area contributed by atoms with Gasteiger partial charge < -0.3 is 10.2 Å². The van der Waals surface area contributed by atoms with Gasteiger partial charge in [-0.2, -0.15) is 0 Å². The summed E-state index contributed by atoms with van der Waals surface area (Å²) in [5, 5.41) is 3.15. The first-order valence-electron chi connectivity index (χ1n) is 9.59. The molecule has 1 heterocycles. The number of likely N-dealkylation sites (tertiary alicyclic amines) is 1. The highest BCUT2D eigenvalue weighted by Crippen LogP contribution is 2.47. The molecule has 3 rings (SSSR count). The van der Waals surface area contributed by atoms with Crippen molar-refractivity contribution in [1.82, 2.24) is 10.2 Å². The minimum atomic E-state index is 0. The van der Waals surface area contributed by atoms with E-state index < -0.39 is 0 Å². The topological polar surface area (TPSA) is 32.3 Å². The normalized spacial score (nSPS) is 23.2. The predicted molar refractivity (Wildman–Crippen MR) is 101 cm³/mol. The average Bonchev–Trinajstić information content (AvgIpc) is 2.57. The summed E-state index contributed by atoms with van der Waals surface area (Å²) in [5.74, 6) is 0.865. The Morgan fingerprint density at radius 2 is 2.00 bits per heavy atom. The summed E-state index contributed by atoms with van der Waals surface area (Å²) in [6, 6.07) is 9.02. The van der Waals surface area contributed by atoms with Crippen LogP contribution in [0.25, 0.3) is 0 Å². The highest BCUT2D eigenvalue weighted by atomic mass is 16.1. The number of nitrogens with zero attached hydrogens (tertiary/aromatic N) is 1. The molecule has 0 aromatic heterocycles. The van der Waals surface area contributed by atoms with Crippen molar-refractivity contribution in [3.05, 3.63) is 35.4 Å². The summed E-state index contributed by atoms with van der Waals surface area (Å²) in [4.78, 5) is 14.2. The van der Waals surface area contributed by atoms with Crippen molar-refractivity contribution >= 4 is 5.91 Å². The van der Waals surface area contributed by atoms with Crippen LogP contribution in [-0.2, 0) is 10.2 Å². The number of amides is 1. The van der Waals surface area contributed by atoms with Gasteiger partial charge in [-0.05, 0) is 74.2 Å². The lowest BCUT2D eigenvalue weighted by Crippen LogP contribution is -2.46. The number of hydrogen-bond donors (Lipinski definition) is 1. The summed E-state index contributed by atoms with van der Waals surface area (Å²) < 4.78 is 0. The van der Waals surface area contributed by atoms with Gasteiger partial charge in [-0.3, -0.25) is 4.79 Å². The molecule has 0 unspecified atom stereocenters. The SMILES string of the molecule is CC(=O)N[C@H]1CCC2(CCN(CCC(C)C)CC2)c2ccccc21.[HH]. The molecule has 1 atom stereocenters. The Kier molecular flexibility index (Phi) is 5.29. The number of hydrogen-bond acceptors (Lipinski definition) is 2. The lowest BCUT2D eigenvalue weighted by atomic mass is 9.63. The van der Waals surface area contributed by atoms with Crippen LogP contribution in [0.3, 0.4) is 0 Å². The molecule has 1 fully saturated rings.